The number of carbonyl (C=O) groups is 1. The zero-order valence-corrected chi connectivity index (χ0v) is 15.1. The molecule has 0 bridgehead atoms. The third kappa shape index (κ3) is 3.47. The Bertz CT molecular complexity index is 923. The van der Waals surface area contributed by atoms with Crippen molar-refractivity contribution in [3.8, 4) is 11.4 Å². The summed E-state index contributed by atoms with van der Waals surface area (Å²) in [5, 5.41) is 4.52. The first kappa shape index (κ1) is 18.1. The minimum absolute atomic E-state index is 0.152. The lowest BCUT2D eigenvalue weighted by atomic mass is 9.87. The van der Waals surface area contributed by atoms with Crippen LogP contribution in [-0.4, -0.2) is 27.2 Å². The van der Waals surface area contributed by atoms with Gasteiger partial charge in [0.2, 0.25) is 5.91 Å². The van der Waals surface area contributed by atoms with Crippen molar-refractivity contribution >= 4 is 17.5 Å². The van der Waals surface area contributed by atoms with E-state index in [2.05, 4.69) is 10.1 Å². The minimum Gasteiger partial charge on any atom is -0.366 e. The molecular formula is C19H20ClN5O. The lowest BCUT2D eigenvalue weighted by molar-refractivity contribution is 0.0999. The molecule has 6 nitrogen and oxygen atoms in total. The Morgan fingerprint density at radius 2 is 1.96 bits per heavy atom. The second-order valence-corrected chi connectivity index (χ2v) is 6.46. The lowest BCUT2D eigenvalue weighted by Gasteiger charge is -2.21. The van der Waals surface area contributed by atoms with Crippen LogP contribution in [0, 0.1) is 0 Å². The number of rotatable bonds is 6. The Morgan fingerprint density at radius 1 is 1.23 bits per heavy atom. The van der Waals surface area contributed by atoms with Crippen LogP contribution in [0.2, 0.25) is 5.02 Å². The fraction of sp³-hybridized carbons (Fsp3) is 0.211. The van der Waals surface area contributed by atoms with Crippen LogP contribution in [0.1, 0.15) is 27.4 Å². The fourth-order valence-corrected chi connectivity index (χ4v) is 3.53. The van der Waals surface area contributed by atoms with Gasteiger partial charge in [0, 0.05) is 24.1 Å². The van der Waals surface area contributed by atoms with E-state index in [1.54, 1.807) is 23.9 Å². The Kier molecular flexibility index (Phi) is 5.35. The predicted molar refractivity (Wildman–Crippen MR) is 102 cm³/mol. The maximum atomic E-state index is 12.0. The number of hydrogen-bond donors (Lipinski definition) is 2. The van der Waals surface area contributed by atoms with E-state index in [-0.39, 0.29) is 5.92 Å². The molecular weight excluding hydrogens is 350 g/mol. The lowest BCUT2D eigenvalue weighted by Crippen LogP contribution is -2.22. The quantitative estimate of drug-likeness (QED) is 0.697. The van der Waals surface area contributed by atoms with Gasteiger partial charge in [-0.25, -0.2) is 9.67 Å². The van der Waals surface area contributed by atoms with Crippen molar-refractivity contribution in [2.45, 2.75) is 12.3 Å². The topological polar surface area (TPSA) is 99.8 Å². The van der Waals surface area contributed by atoms with Gasteiger partial charge >= 0.3 is 0 Å². The highest BCUT2D eigenvalue weighted by molar-refractivity contribution is 6.34. The Hall–Kier alpha value is -2.70. The van der Waals surface area contributed by atoms with Gasteiger partial charge in [-0.05, 0) is 36.2 Å². The van der Waals surface area contributed by atoms with Gasteiger partial charge < -0.3 is 11.5 Å². The third-order valence-electron chi connectivity index (χ3n) is 4.42. The zero-order chi connectivity index (χ0) is 18.7. The largest absolute Gasteiger partial charge is 0.366 e. The van der Waals surface area contributed by atoms with E-state index in [4.69, 9.17) is 23.1 Å². The zero-order valence-electron chi connectivity index (χ0n) is 14.4. The molecule has 3 rings (SSSR count). The number of nitrogens with zero attached hydrogens (tertiary/aromatic N) is 3. The van der Waals surface area contributed by atoms with Gasteiger partial charge in [0.05, 0.1) is 5.02 Å². The van der Waals surface area contributed by atoms with E-state index >= 15 is 0 Å². The average molecular weight is 370 g/mol. The molecule has 0 saturated carbocycles. The molecule has 4 N–H and O–H groups in total. The van der Waals surface area contributed by atoms with Gasteiger partial charge in [-0.3, -0.25) is 4.79 Å². The number of aryl methyl sites for hydroxylation is 1. The van der Waals surface area contributed by atoms with E-state index in [9.17, 15) is 4.79 Å². The maximum Gasteiger partial charge on any atom is 0.249 e. The van der Waals surface area contributed by atoms with Crippen LogP contribution in [0.4, 0.5) is 0 Å². The summed E-state index contributed by atoms with van der Waals surface area (Å²) < 4.78 is 1.63. The number of primary amides is 1. The summed E-state index contributed by atoms with van der Waals surface area (Å²) in [5.74, 6) is -0.0683. The van der Waals surface area contributed by atoms with E-state index < -0.39 is 5.91 Å². The van der Waals surface area contributed by atoms with Crippen LogP contribution in [0.5, 0.6) is 0 Å². The highest BCUT2D eigenvalue weighted by Gasteiger charge is 2.24. The van der Waals surface area contributed by atoms with E-state index in [1.807, 2.05) is 30.3 Å². The molecule has 0 spiro atoms. The molecule has 0 aliphatic carbocycles. The molecule has 3 aromatic rings. The van der Waals surface area contributed by atoms with Crippen LogP contribution in [0.25, 0.3) is 11.4 Å². The molecule has 1 atom stereocenters. The summed E-state index contributed by atoms with van der Waals surface area (Å²) in [4.78, 5) is 16.3. The molecule has 7 heteroatoms. The van der Waals surface area contributed by atoms with E-state index in [0.29, 0.717) is 40.5 Å². The van der Waals surface area contributed by atoms with Crippen molar-refractivity contribution in [1.82, 2.24) is 14.8 Å². The highest BCUT2D eigenvalue weighted by atomic mass is 35.5. The Labute approximate surface area is 156 Å². The summed E-state index contributed by atoms with van der Waals surface area (Å²) in [6, 6.07) is 13.4. The summed E-state index contributed by atoms with van der Waals surface area (Å²) >= 11 is 6.72. The van der Waals surface area contributed by atoms with Crippen molar-refractivity contribution in [1.29, 1.82) is 0 Å². The van der Waals surface area contributed by atoms with Crippen LogP contribution in [0.3, 0.4) is 0 Å². The molecule has 1 amide bonds. The first-order valence-electron chi connectivity index (χ1n) is 8.23. The molecule has 0 radical (unpaired) electrons. The SMILES string of the molecule is Cn1ncnc1-c1ccc(C(N)=O)c([C@@H](CN)Cc2ccccc2)c1Cl. The number of nitrogens with two attached hydrogens (primary N) is 2. The van der Waals surface area contributed by atoms with Crippen LogP contribution >= 0.6 is 11.6 Å². The smallest absolute Gasteiger partial charge is 0.249 e. The van der Waals surface area contributed by atoms with Crippen LogP contribution < -0.4 is 11.5 Å². The second-order valence-electron chi connectivity index (χ2n) is 6.08. The summed E-state index contributed by atoms with van der Waals surface area (Å²) in [7, 11) is 1.78. The van der Waals surface area contributed by atoms with Gasteiger partial charge in [-0.1, -0.05) is 41.9 Å². The van der Waals surface area contributed by atoms with Gasteiger partial charge in [-0.15, -0.1) is 0 Å². The first-order chi connectivity index (χ1) is 12.5. The molecule has 0 fully saturated rings. The number of amides is 1. The molecule has 1 heterocycles. The molecule has 0 aliphatic rings. The van der Waals surface area contributed by atoms with Crippen molar-refractivity contribution in [3.63, 3.8) is 0 Å². The third-order valence-corrected chi connectivity index (χ3v) is 4.82. The molecule has 1 aromatic heterocycles. The van der Waals surface area contributed by atoms with Crippen molar-refractivity contribution in [2.24, 2.45) is 18.5 Å². The molecule has 2 aromatic carbocycles. The van der Waals surface area contributed by atoms with Gasteiger partial charge in [0.1, 0.15) is 6.33 Å². The van der Waals surface area contributed by atoms with Crippen molar-refractivity contribution in [3.05, 3.63) is 70.5 Å². The number of halogens is 1. The normalized spacial score (nSPS) is 12.1. The highest BCUT2D eigenvalue weighted by Crippen LogP contribution is 2.37. The number of benzene rings is 2. The van der Waals surface area contributed by atoms with E-state index in [1.165, 1.54) is 6.33 Å². The molecule has 134 valence electrons. The molecule has 0 unspecified atom stereocenters. The molecule has 0 saturated heterocycles. The molecule has 26 heavy (non-hydrogen) atoms. The van der Waals surface area contributed by atoms with Gasteiger partial charge in [0.15, 0.2) is 5.82 Å². The Balaban J connectivity index is 2.13. The number of carbonyl (C=O) groups excluding carboxylic acids is 1. The fourth-order valence-electron chi connectivity index (χ4n) is 3.12. The summed E-state index contributed by atoms with van der Waals surface area (Å²) in [5.41, 5.74) is 14.5. The first-order valence-corrected chi connectivity index (χ1v) is 8.61. The Morgan fingerprint density at radius 3 is 2.54 bits per heavy atom. The van der Waals surface area contributed by atoms with Crippen molar-refractivity contribution in [2.75, 3.05) is 6.54 Å². The summed E-state index contributed by atoms with van der Waals surface area (Å²) in [6.45, 7) is 0.331. The standard InChI is InChI=1S/C19H20ClN5O/c1-25-19(23-11-24-25)15-8-7-14(18(22)26)16(17(15)20)13(10-21)9-12-5-3-2-4-6-12/h2-8,11,13H,9-10,21H2,1H3,(H2,22,26)/t13-/m1/s1. The number of hydrogen-bond acceptors (Lipinski definition) is 4. The summed E-state index contributed by atoms with van der Waals surface area (Å²) in [6.07, 6.45) is 2.11. The molecule has 0 aliphatic heterocycles. The van der Waals surface area contributed by atoms with Gasteiger partial charge in [0.25, 0.3) is 0 Å². The maximum absolute atomic E-state index is 12.0. The van der Waals surface area contributed by atoms with Crippen LogP contribution in [0.15, 0.2) is 48.8 Å². The average Bonchev–Trinajstić information content (AvgIpc) is 3.06. The van der Waals surface area contributed by atoms with Gasteiger partial charge in [-0.2, -0.15) is 5.10 Å². The van der Waals surface area contributed by atoms with E-state index in [0.717, 1.165) is 5.56 Å². The predicted octanol–water partition coefficient (Wildman–Crippen LogP) is 2.52. The minimum atomic E-state index is -0.530. The number of aromatic nitrogens is 3. The van der Waals surface area contributed by atoms with Crippen molar-refractivity contribution < 1.29 is 4.79 Å². The second kappa shape index (κ2) is 7.68. The van der Waals surface area contributed by atoms with Crippen LogP contribution in [-0.2, 0) is 13.5 Å². The monoisotopic (exact) mass is 369 g/mol.